The van der Waals surface area contributed by atoms with Gasteiger partial charge in [0.05, 0.1) is 25.9 Å². The predicted molar refractivity (Wildman–Crippen MR) is 129 cm³/mol. The number of methoxy groups -OCH3 is 1. The molecule has 1 aliphatic rings. The number of likely N-dealkylation sites (tertiary alicyclic amines) is 1. The van der Waals surface area contributed by atoms with Crippen LogP contribution in [0, 0.1) is 5.92 Å². The summed E-state index contributed by atoms with van der Waals surface area (Å²) in [7, 11) is 1.61. The number of carbonyl (C=O) groups excluding carboxylic acids is 3. The van der Waals surface area contributed by atoms with Gasteiger partial charge >= 0.3 is 6.03 Å². The van der Waals surface area contributed by atoms with Gasteiger partial charge in [0.15, 0.2) is 0 Å². The van der Waals surface area contributed by atoms with Gasteiger partial charge in [0.25, 0.3) is 0 Å². The molecule has 2 aromatic carbocycles. The SMILES string of the molecule is CCOc1ccccc1NC(=O)NCC(=O)N1CCC(C(=O)NCc2cccc(OC)c2)CC1. The molecule has 0 bridgehead atoms. The molecule has 9 heteroatoms. The molecule has 4 amide bonds. The smallest absolute Gasteiger partial charge is 0.319 e. The fourth-order valence-corrected chi connectivity index (χ4v) is 3.79. The molecule has 1 saturated heterocycles. The van der Waals surface area contributed by atoms with Crippen molar-refractivity contribution in [2.75, 3.05) is 38.7 Å². The number of urea groups is 1. The van der Waals surface area contributed by atoms with E-state index in [4.69, 9.17) is 9.47 Å². The van der Waals surface area contributed by atoms with E-state index < -0.39 is 6.03 Å². The first-order chi connectivity index (χ1) is 16.5. The number of hydrogen-bond acceptors (Lipinski definition) is 5. The molecule has 0 aromatic heterocycles. The summed E-state index contributed by atoms with van der Waals surface area (Å²) in [5, 5.41) is 8.26. The van der Waals surface area contributed by atoms with Gasteiger partial charge in [-0.05, 0) is 49.6 Å². The molecule has 0 atom stereocenters. The van der Waals surface area contributed by atoms with Crippen LogP contribution in [0.4, 0.5) is 10.5 Å². The summed E-state index contributed by atoms with van der Waals surface area (Å²) < 4.78 is 10.7. The molecule has 0 aliphatic carbocycles. The van der Waals surface area contributed by atoms with Gasteiger partial charge in [-0.3, -0.25) is 9.59 Å². The molecule has 3 rings (SSSR count). The van der Waals surface area contributed by atoms with Crippen molar-refractivity contribution in [3.05, 3.63) is 54.1 Å². The number of piperidine rings is 1. The highest BCUT2D eigenvalue weighted by Crippen LogP contribution is 2.23. The minimum absolute atomic E-state index is 0.0135. The third kappa shape index (κ3) is 7.13. The van der Waals surface area contributed by atoms with Crippen molar-refractivity contribution < 1.29 is 23.9 Å². The summed E-state index contributed by atoms with van der Waals surface area (Å²) in [4.78, 5) is 39.0. The lowest BCUT2D eigenvalue weighted by Gasteiger charge is -2.31. The van der Waals surface area contributed by atoms with Crippen molar-refractivity contribution in [1.82, 2.24) is 15.5 Å². The molecule has 0 spiro atoms. The van der Waals surface area contributed by atoms with Gasteiger partial charge in [0.2, 0.25) is 11.8 Å². The summed E-state index contributed by atoms with van der Waals surface area (Å²) >= 11 is 0. The lowest BCUT2D eigenvalue weighted by molar-refractivity contribution is -0.134. The van der Waals surface area contributed by atoms with Crippen molar-refractivity contribution in [2.45, 2.75) is 26.3 Å². The summed E-state index contributed by atoms with van der Waals surface area (Å²) in [5.74, 6) is 0.988. The van der Waals surface area contributed by atoms with E-state index in [-0.39, 0.29) is 24.3 Å². The van der Waals surface area contributed by atoms with Crippen LogP contribution >= 0.6 is 0 Å². The molecule has 1 heterocycles. The van der Waals surface area contributed by atoms with Crippen LogP contribution in [-0.4, -0.2) is 56.1 Å². The van der Waals surface area contributed by atoms with E-state index in [0.717, 1.165) is 11.3 Å². The molecule has 34 heavy (non-hydrogen) atoms. The van der Waals surface area contributed by atoms with Gasteiger partial charge in [-0.1, -0.05) is 24.3 Å². The average molecular weight is 469 g/mol. The number of nitrogens with one attached hydrogen (secondary N) is 3. The maximum absolute atomic E-state index is 12.5. The molecule has 0 unspecified atom stereocenters. The summed E-state index contributed by atoms with van der Waals surface area (Å²) in [6.45, 7) is 3.62. The average Bonchev–Trinajstić information content (AvgIpc) is 2.87. The topological polar surface area (TPSA) is 109 Å². The first-order valence-corrected chi connectivity index (χ1v) is 11.4. The Morgan fingerprint density at radius 3 is 2.53 bits per heavy atom. The number of ether oxygens (including phenoxy) is 2. The Morgan fingerprint density at radius 2 is 1.79 bits per heavy atom. The fourth-order valence-electron chi connectivity index (χ4n) is 3.79. The minimum Gasteiger partial charge on any atom is -0.497 e. The second kappa shape index (κ2) is 12.5. The molecular weight excluding hydrogens is 436 g/mol. The zero-order valence-corrected chi connectivity index (χ0v) is 19.6. The highest BCUT2D eigenvalue weighted by molar-refractivity contribution is 5.93. The number of amides is 4. The van der Waals surface area contributed by atoms with Gasteiger partial charge in [-0.15, -0.1) is 0 Å². The first-order valence-electron chi connectivity index (χ1n) is 11.4. The number of anilines is 1. The number of benzene rings is 2. The van der Waals surface area contributed by atoms with Gasteiger partial charge in [-0.25, -0.2) is 4.79 Å². The molecule has 9 nitrogen and oxygen atoms in total. The van der Waals surface area contributed by atoms with Crippen LogP contribution in [0.3, 0.4) is 0 Å². The summed E-state index contributed by atoms with van der Waals surface area (Å²) in [5.41, 5.74) is 1.50. The van der Waals surface area contributed by atoms with Crippen LogP contribution in [0.25, 0.3) is 0 Å². The van der Waals surface area contributed by atoms with Crippen LogP contribution in [0.5, 0.6) is 11.5 Å². The van der Waals surface area contributed by atoms with E-state index in [1.807, 2.05) is 37.3 Å². The molecular formula is C25H32N4O5. The maximum Gasteiger partial charge on any atom is 0.319 e. The van der Waals surface area contributed by atoms with Gasteiger partial charge in [0, 0.05) is 25.6 Å². The summed E-state index contributed by atoms with van der Waals surface area (Å²) in [6, 6.07) is 14.2. The van der Waals surface area contributed by atoms with E-state index in [0.29, 0.717) is 50.5 Å². The normalized spacial score (nSPS) is 13.6. The van der Waals surface area contributed by atoms with Crippen molar-refractivity contribution in [2.24, 2.45) is 5.92 Å². The molecule has 1 fully saturated rings. The van der Waals surface area contributed by atoms with Crippen molar-refractivity contribution in [3.8, 4) is 11.5 Å². The summed E-state index contributed by atoms with van der Waals surface area (Å²) in [6.07, 6.45) is 1.17. The third-order valence-electron chi connectivity index (χ3n) is 5.65. The highest BCUT2D eigenvalue weighted by Gasteiger charge is 2.27. The maximum atomic E-state index is 12.5. The largest absolute Gasteiger partial charge is 0.497 e. The van der Waals surface area contributed by atoms with E-state index in [2.05, 4.69) is 16.0 Å². The number of rotatable bonds is 9. The van der Waals surface area contributed by atoms with Gasteiger partial charge < -0.3 is 30.3 Å². The highest BCUT2D eigenvalue weighted by atomic mass is 16.5. The molecule has 0 saturated carbocycles. The Kier molecular flexibility index (Phi) is 9.13. The second-order valence-electron chi connectivity index (χ2n) is 7.96. The molecule has 0 radical (unpaired) electrons. The van der Waals surface area contributed by atoms with Gasteiger partial charge in [-0.2, -0.15) is 0 Å². The number of hydrogen-bond donors (Lipinski definition) is 3. The molecule has 182 valence electrons. The second-order valence-corrected chi connectivity index (χ2v) is 7.96. The zero-order valence-electron chi connectivity index (χ0n) is 19.6. The van der Waals surface area contributed by atoms with Crippen LogP contribution in [0.15, 0.2) is 48.5 Å². The van der Waals surface area contributed by atoms with E-state index in [1.165, 1.54) is 0 Å². The quantitative estimate of drug-likeness (QED) is 0.524. The van der Waals surface area contributed by atoms with Crippen molar-refractivity contribution in [3.63, 3.8) is 0 Å². The Hall–Kier alpha value is -3.75. The monoisotopic (exact) mass is 468 g/mol. The number of carbonyl (C=O) groups is 3. The van der Waals surface area contributed by atoms with E-state index in [1.54, 1.807) is 30.2 Å². The van der Waals surface area contributed by atoms with E-state index in [9.17, 15) is 14.4 Å². The Labute approximate surface area is 199 Å². The predicted octanol–water partition coefficient (Wildman–Crippen LogP) is 2.77. The van der Waals surface area contributed by atoms with Crippen LogP contribution < -0.4 is 25.4 Å². The standard InChI is InChI=1S/C25H32N4O5/c1-3-34-22-10-5-4-9-21(22)28-25(32)27-17-23(30)29-13-11-19(12-14-29)24(31)26-16-18-7-6-8-20(15-18)33-2/h4-10,15,19H,3,11-14,16-17H2,1-2H3,(H,26,31)(H2,27,28,32). The molecule has 1 aliphatic heterocycles. The number of nitrogens with zero attached hydrogens (tertiary/aromatic N) is 1. The Balaban J connectivity index is 1.38. The van der Waals surface area contributed by atoms with Gasteiger partial charge in [0.1, 0.15) is 11.5 Å². The molecule has 3 N–H and O–H groups in total. The third-order valence-corrected chi connectivity index (χ3v) is 5.65. The Morgan fingerprint density at radius 1 is 1.03 bits per heavy atom. The van der Waals surface area contributed by atoms with Crippen LogP contribution in [0.1, 0.15) is 25.3 Å². The van der Waals surface area contributed by atoms with Crippen molar-refractivity contribution in [1.29, 1.82) is 0 Å². The zero-order chi connectivity index (χ0) is 24.3. The molecule has 2 aromatic rings. The number of para-hydroxylation sites is 2. The van der Waals surface area contributed by atoms with Crippen LogP contribution in [-0.2, 0) is 16.1 Å². The first kappa shape index (κ1) is 24.9. The van der Waals surface area contributed by atoms with Crippen LogP contribution in [0.2, 0.25) is 0 Å². The fraction of sp³-hybridized carbons (Fsp3) is 0.400. The van der Waals surface area contributed by atoms with E-state index >= 15 is 0 Å². The lowest BCUT2D eigenvalue weighted by Crippen LogP contribution is -2.46. The minimum atomic E-state index is -0.479. The Bertz CT molecular complexity index is 989. The lowest BCUT2D eigenvalue weighted by atomic mass is 9.95. The van der Waals surface area contributed by atoms with Crippen molar-refractivity contribution >= 4 is 23.5 Å².